The maximum absolute atomic E-state index is 5.30. The van der Waals surface area contributed by atoms with Crippen LogP contribution in [0, 0.1) is 0 Å². The minimum absolute atomic E-state index is 0.119. The zero-order valence-electron chi connectivity index (χ0n) is 12.3. The molecule has 0 radical (unpaired) electrons. The number of ether oxygens (including phenoxy) is 1. The fraction of sp³-hybridized carbons (Fsp3) is 0.625. The van der Waals surface area contributed by atoms with Gasteiger partial charge in [0.25, 0.3) is 0 Å². The highest BCUT2D eigenvalue weighted by atomic mass is 16.5. The largest absolute Gasteiger partial charge is 0.497 e. The van der Waals surface area contributed by atoms with Gasteiger partial charge in [-0.2, -0.15) is 0 Å². The Labute approximate surface area is 116 Å². The predicted octanol–water partition coefficient (Wildman–Crippen LogP) is 2.31. The summed E-state index contributed by atoms with van der Waals surface area (Å²) in [7, 11) is 1.72. The van der Waals surface area contributed by atoms with E-state index in [1.165, 1.54) is 18.4 Å². The average molecular weight is 262 g/mol. The highest BCUT2D eigenvalue weighted by Gasteiger charge is 2.21. The Morgan fingerprint density at radius 1 is 1.26 bits per heavy atom. The smallest absolute Gasteiger partial charge is 0.119 e. The van der Waals surface area contributed by atoms with Crippen molar-refractivity contribution < 1.29 is 4.74 Å². The van der Waals surface area contributed by atoms with Crippen molar-refractivity contribution in [3.8, 4) is 5.75 Å². The van der Waals surface area contributed by atoms with Crippen LogP contribution in [0.3, 0.4) is 0 Å². The van der Waals surface area contributed by atoms with Crippen LogP contribution in [0.4, 0.5) is 0 Å². The molecule has 0 bridgehead atoms. The summed E-state index contributed by atoms with van der Waals surface area (Å²) in [6.45, 7) is 7.61. The van der Waals surface area contributed by atoms with Crippen LogP contribution in [-0.4, -0.2) is 32.8 Å². The van der Waals surface area contributed by atoms with E-state index in [-0.39, 0.29) is 5.41 Å². The number of hydrogen-bond donors (Lipinski definition) is 2. The second-order valence-corrected chi connectivity index (χ2v) is 6.02. The molecule has 1 aromatic carbocycles. The van der Waals surface area contributed by atoms with Crippen molar-refractivity contribution >= 4 is 0 Å². The number of benzene rings is 1. The number of nitrogens with one attached hydrogen (secondary N) is 2. The van der Waals surface area contributed by atoms with Crippen molar-refractivity contribution in [2.24, 2.45) is 0 Å². The van der Waals surface area contributed by atoms with Crippen molar-refractivity contribution in [1.82, 2.24) is 10.6 Å². The second kappa shape index (κ2) is 6.40. The first-order valence-corrected chi connectivity index (χ1v) is 7.20. The molecule has 0 spiro atoms. The Kier molecular flexibility index (Phi) is 4.83. The van der Waals surface area contributed by atoms with Gasteiger partial charge in [-0.05, 0) is 30.5 Å². The zero-order valence-corrected chi connectivity index (χ0v) is 12.3. The van der Waals surface area contributed by atoms with Gasteiger partial charge in [0.1, 0.15) is 5.75 Å². The molecule has 1 fully saturated rings. The summed E-state index contributed by atoms with van der Waals surface area (Å²) in [6.07, 6.45) is 2.71. The lowest BCUT2D eigenvalue weighted by Crippen LogP contribution is -2.37. The van der Waals surface area contributed by atoms with E-state index in [0.717, 1.165) is 31.4 Å². The van der Waals surface area contributed by atoms with Crippen LogP contribution < -0.4 is 15.4 Å². The quantitative estimate of drug-likeness (QED) is 0.705. The molecule has 1 saturated carbocycles. The molecule has 0 aliphatic heterocycles. The van der Waals surface area contributed by atoms with E-state index in [2.05, 4.69) is 42.7 Å². The van der Waals surface area contributed by atoms with Crippen LogP contribution in [0.1, 0.15) is 32.3 Å². The maximum atomic E-state index is 5.30. The van der Waals surface area contributed by atoms with Crippen molar-refractivity contribution in [1.29, 1.82) is 0 Å². The summed E-state index contributed by atoms with van der Waals surface area (Å²) in [5.74, 6) is 0.931. The minimum atomic E-state index is 0.119. The van der Waals surface area contributed by atoms with E-state index in [0.29, 0.717) is 0 Å². The average Bonchev–Trinajstić information content (AvgIpc) is 3.22. The fourth-order valence-corrected chi connectivity index (χ4v) is 2.20. The topological polar surface area (TPSA) is 33.3 Å². The number of rotatable bonds is 8. The Balaban J connectivity index is 1.78. The molecule has 2 rings (SSSR count). The van der Waals surface area contributed by atoms with E-state index in [9.17, 15) is 0 Å². The molecule has 3 nitrogen and oxygen atoms in total. The van der Waals surface area contributed by atoms with Crippen LogP contribution in [0.15, 0.2) is 24.3 Å². The van der Waals surface area contributed by atoms with E-state index in [4.69, 9.17) is 4.74 Å². The molecule has 1 aromatic rings. The molecular weight excluding hydrogens is 236 g/mol. The number of hydrogen-bond acceptors (Lipinski definition) is 3. The highest BCUT2D eigenvalue weighted by Crippen LogP contribution is 2.25. The van der Waals surface area contributed by atoms with Crippen molar-refractivity contribution in [2.45, 2.75) is 38.1 Å². The van der Waals surface area contributed by atoms with E-state index in [1.54, 1.807) is 7.11 Å². The summed E-state index contributed by atoms with van der Waals surface area (Å²) in [6, 6.07) is 9.15. The summed E-state index contributed by atoms with van der Waals surface area (Å²) in [4.78, 5) is 0. The fourth-order valence-electron chi connectivity index (χ4n) is 2.20. The highest BCUT2D eigenvalue weighted by molar-refractivity contribution is 5.33. The van der Waals surface area contributed by atoms with Gasteiger partial charge in [0, 0.05) is 31.1 Å². The van der Waals surface area contributed by atoms with Crippen molar-refractivity contribution in [3.63, 3.8) is 0 Å². The molecule has 3 heteroatoms. The first-order chi connectivity index (χ1) is 9.12. The first-order valence-electron chi connectivity index (χ1n) is 7.20. The Hall–Kier alpha value is -1.06. The summed E-state index contributed by atoms with van der Waals surface area (Å²) in [5, 5.41) is 7.06. The Morgan fingerprint density at radius 3 is 2.74 bits per heavy atom. The molecule has 0 heterocycles. The lowest BCUT2D eigenvalue weighted by atomic mass is 9.84. The van der Waals surface area contributed by atoms with Gasteiger partial charge in [0.15, 0.2) is 0 Å². The third kappa shape index (κ3) is 4.51. The molecule has 1 aliphatic carbocycles. The molecule has 19 heavy (non-hydrogen) atoms. The Morgan fingerprint density at radius 2 is 2.05 bits per heavy atom. The van der Waals surface area contributed by atoms with Gasteiger partial charge < -0.3 is 15.4 Å². The molecule has 2 N–H and O–H groups in total. The summed E-state index contributed by atoms with van der Waals surface area (Å²) in [5.41, 5.74) is 1.43. The molecule has 0 aromatic heterocycles. The monoisotopic (exact) mass is 262 g/mol. The molecule has 0 atom stereocenters. The molecule has 106 valence electrons. The van der Waals surface area contributed by atoms with Crippen LogP contribution >= 0.6 is 0 Å². The third-order valence-corrected chi connectivity index (χ3v) is 3.73. The van der Waals surface area contributed by atoms with E-state index >= 15 is 0 Å². The van der Waals surface area contributed by atoms with E-state index in [1.807, 2.05) is 6.07 Å². The van der Waals surface area contributed by atoms with Crippen LogP contribution in [0.25, 0.3) is 0 Å². The minimum Gasteiger partial charge on any atom is -0.497 e. The molecular formula is C16H26N2O. The summed E-state index contributed by atoms with van der Waals surface area (Å²) >= 11 is 0. The lowest BCUT2D eigenvalue weighted by Gasteiger charge is -2.26. The molecule has 0 saturated heterocycles. The SMILES string of the molecule is COc1cccc(C(C)(C)CNCCNC2CC2)c1. The lowest BCUT2D eigenvalue weighted by molar-refractivity contribution is 0.410. The van der Waals surface area contributed by atoms with Gasteiger partial charge in [-0.25, -0.2) is 0 Å². The normalized spacial score (nSPS) is 15.5. The van der Waals surface area contributed by atoms with Crippen LogP contribution in [0.5, 0.6) is 5.75 Å². The van der Waals surface area contributed by atoms with Crippen LogP contribution in [-0.2, 0) is 5.41 Å². The molecule has 0 amide bonds. The first kappa shape index (κ1) is 14.4. The van der Waals surface area contributed by atoms with Crippen LogP contribution in [0.2, 0.25) is 0 Å². The third-order valence-electron chi connectivity index (χ3n) is 3.73. The maximum Gasteiger partial charge on any atom is 0.119 e. The molecule has 1 aliphatic rings. The predicted molar refractivity (Wildman–Crippen MR) is 79.9 cm³/mol. The van der Waals surface area contributed by atoms with Gasteiger partial charge in [-0.15, -0.1) is 0 Å². The number of methoxy groups -OCH3 is 1. The second-order valence-electron chi connectivity index (χ2n) is 6.02. The van der Waals surface area contributed by atoms with Gasteiger partial charge in [-0.1, -0.05) is 26.0 Å². The van der Waals surface area contributed by atoms with E-state index < -0.39 is 0 Å². The van der Waals surface area contributed by atoms with Crippen molar-refractivity contribution in [2.75, 3.05) is 26.7 Å². The van der Waals surface area contributed by atoms with Gasteiger partial charge in [0.05, 0.1) is 7.11 Å². The van der Waals surface area contributed by atoms with Crippen molar-refractivity contribution in [3.05, 3.63) is 29.8 Å². The summed E-state index contributed by atoms with van der Waals surface area (Å²) < 4.78 is 5.30. The standard InChI is InChI=1S/C16H26N2O/c1-16(2,12-17-9-10-18-14-7-8-14)13-5-4-6-15(11-13)19-3/h4-6,11,14,17-18H,7-10,12H2,1-3H3. The molecule has 0 unspecified atom stereocenters. The zero-order chi connectivity index (χ0) is 13.7. The van der Waals surface area contributed by atoms with Gasteiger partial charge in [-0.3, -0.25) is 0 Å². The Bertz CT molecular complexity index is 399. The van der Waals surface area contributed by atoms with Gasteiger partial charge in [0.2, 0.25) is 0 Å². The van der Waals surface area contributed by atoms with Gasteiger partial charge >= 0.3 is 0 Å².